The van der Waals surface area contributed by atoms with Crippen molar-refractivity contribution in [3.63, 3.8) is 0 Å². The van der Waals surface area contributed by atoms with E-state index in [4.69, 9.17) is 4.98 Å². The molecule has 136 valence electrons. The first-order valence-corrected chi connectivity index (χ1v) is 9.43. The second kappa shape index (κ2) is 8.17. The van der Waals surface area contributed by atoms with Gasteiger partial charge in [0.25, 0.3) is 5.91 Å². The van der Waals surface area contributed by atoms with Crippen molar-refractivity contribution in [2.45, 2.75) is 52.6 Å². The maximum absolute atomic E-state index is 12.6. The lowest BCUT2D eigenvalue weighted by molar-refractivity contribution is 0.0937. The monoisotopic (exact) mass is 349 g/mol. The highest BCUT2D eigenvalue weighted by atomic mass is 16.1. The molecule has 2 aromatic carbocycles. The molecule has 0 aliphatic carbocycles. The van der Waals surface area contributed by atoms with E-state index in [9.17, 15) is 4.79 Å². The average Bonchev–Trinajstić information content (AvgIpc) is 3.01. The van der Waals surface area contributed by atoms with Gasteiger partial charge < -0.3 is 9.88 Å². The first-order chi connectivity index (χ1) is 12.6. The van der Waals surface area contributed by atoms with E-state index in [0.717, 1.165) is 35.4 Å². The Morgan fingerprint density at radius 3 is 2.58 bits per heavy atom. The molecule has 4 heteroatoms. The minimum absolute atomic E-state index is 0.0651. The van der Waals surface area contributed by atoms with Crippen molar-refractivity contribution in [1.82, 2.24) is 14.9 Å². The average molecular weight is 349 g/mol. The predicted octanol–water partition coefficient (Wildman–Crippen LogP) is 5.03. The number of carbonyl (C=O) groups excluding carboxylic acids is 1. The molecule has 3 rings (SSSR count). The molecule has 1 N–H and O–H groups in total. The molecule has 0 saturated carbocycles. The molecule has 0 spiro atoms. The first kappa shape index (κ1) is 18.2. The molecule has 1 amide bonds. The fourth-order valence-electron chi connectivity index (χ4n) is 3.23. The van der Waals surface area contributed by atoms with E-state index in [1.807, 2.05) is 56.3 Å². The standard InChI is InChI=1S/C22H27N3O/c1-4-5-8-15-25-20-10-7-6-9-19(20)24-21(25)17(3)23-22(26)18-13-11-16(2)12-14-18/h6-7,9-14,17H,4-5,8,15H2,1-3H3,(H,23,26). The summed E-state index contributed by atoms with van der Waals surface area (Å²) in [5, 5.41) is 3.10. The fourth-order valence-corrected chi connectivity index (χ4v) is 3.23. The molecule has 0 aliphatic heterocycles. The lowest BCUT2D eigenvalue weighted by Gasteiger charge is -2.16. The van der Waals surface area contributed by atoms with Gasteiger partial charge in [-0.05, 0) is 44.5 Å². The Morgan fingerprint density at radius 2 is 1.85 bits per heavy atom. The van der Waals surface area contributed by atoms with Crippen LogP contribution in [0.2, 0.25) is 0 Å². The number of amides is 1. The Kier molecular flexibility index (Phi) is 5.71. The molecular weight excluding hydrogens is 322 g/mol. The number of para-hydroxylation sites is 2. The number of carbonyl (C=O) groups is 1. The Balaban J connectivity index is 1.84. The summed E-state index contributed by atoms with van der Waals surface area (Å²) in [4.78, 5) is 17.4. The van der Waals surface area contributed by atoms with Gasteiger partial charge in [-0.1, -0.05) is 49.6 Å². The molecular formula is C22H27N3O. The van der Waals surface area contributed by atoms with E-state index < -0.39 is 0 Å². The van der Waals surface area contributed by atoms with Gasteiger partial charge in [-0.3, -0.25) is 4.79 Å². The quantitative estimate of drug-likeness (QED) is 0.608. The highest BCUT2D eigenvalue weighted by Gasteiger charge is 2.18. The summed E-state index contributed by atoms with van der Waals surface area (Å²) in [5.41, 5.74) is 3.94. The Labute approximate surface area is 155 Å². The van der Waals surface area contributed by atoms with Gasteiger partial charge in [0.05, 0.1) is 17.1 Å². The van der Waals surface area contributed by atoms with Crippen LogP contribution in [0.15, 0.2) is 48.5 Å². The summed E-state index contributed by atoms with van der Waals surface area (Å²) in [6.45, 7) is 7.15. The highest BCUT2D eigenvalue weighted by Crippen LogP contribution is 2.22. The van der Waals surface area contributed by atoms with E-state index in [0.29, 0.717) is 5.56 Å². The molecule has 0 aliphatic rings. The zero-order valence-electron chi connectivity index (χ0n) is 15.8. The molecule has 0 radical (unpaired) electrons. The first-order valence-electron chi connectivity index (χ1n) is 9.43. The second-order valence-corrected chi connectivity index (χ2v) is 6.88. The zero-order chi connectivity index (χ0) is 18.5. The molecule has 1 heterocycles. The molecule has 4 nitrogen and oxygen atoms in total. The number of aromatic nitrogens is 2. The number of hydrogen-bond donors (Lipinski definition) is 1. The SMILES string of the molecule is CCCCCn1c(C(C)NC(=O)c2ccc(C)cc2)nc2ccccc21. The number of hydrogen-bond acceptors (Lipinski definition) is 2. The summed E-state index contributed by atoms with van der Waals surface area (Å²) < 4.78 is 2.26. The summed E-state index contributed by atoms with van der Waals surface area (Å²) in [5.74, 6) is 0.854. The van der Waals surface area contributed by atoms with Gasteiger partial charge in [-0.2, -0.15) is 0 Å². The van der Waals surface area contributed by atoms with Gasteiger partial charge in [-0.15, -0.1) is 0 Å². The maximum Gasteiger partial charge on any atom is 0.251 e. The van der Waals surface area contributed by atoms with Crippen LogP contribution in [0.3, 0.4) is 0 Å². The van der Waals surface area contributed by atoms with Crippen LogP contribution in [0.25, 0.3) is 11.0 Å². The Hall–Kier alpha value is -2.62. The van der Waals surface area contributed by atoms with Gasteiger partial charge >= 0.3 is 0 Å². The topological polar surface area (TPSA) is 46.9 Å². The number of unbranched alkanes of at least 4 members (excludes halogenated alkanes) is 2. The fraction of sp³-hybridized carbons (Fsp3) is 0.364. The molecule has 0 bridgehead atoms. The van der Waals surface area contributed by atoms with Crippen LogP contribution in [0.1, 0.15) is 60.9 Å². The molecule has 1 unspecified atom stereocenters. The number of fused-ring (bicyclic) bond motifs is 1. The minimum atomic E-state index is -0.155. The van der Waals surface area contributed by atoms with Crippen LogP contribution >= 0.6 is 0 Å². The molecule has 1 aromatic heterocycles. The maximum atomic E-state index is 12.6. The number of nitrogens with zero attached hydrogens (tertiary/aromatic N) is 2. The van der Waals surface area contributed by atoms with Crippen LogP contribution in [-0.4, -0.2) is 15.5 Å². The van der Waals surface area contributed by atoms with E-state index >= 15 is 0 Å². The number of benzene rings is 2. The van der Waals surface area contributed by atoms with Crippen LogP contribution in [0.5, 0.6) is 0 Å². The van der Waals surface area contributed by atoms with Crippen molar-refractivity contribution in [3.05, 3.63) is 65.5 Å². The number of nitrogens with one attached hydrogen (secondary N) is 1. The molecule has 1 atom stereocenters. The second-order valence-electron chi connectivity index (χ2n) is 6.88. The number of imidazole rings is 1. The van der Waals surface area contributed by atoms with Crippen LogP contribution in [0, 0.1) is 6.92 Å². The molecule has 0 fully saturated rings. The smallest absolute Gasteiger partial charge is 0.251 e. The Morgan fingerprint density at radius 1 is 1.12 bits per heavy atom. The third kappa shape index (κ3) is 3.96. The van der Waals surface area contributed by atoms with E-state index in [-0.39, 0.29) is 11.9 Å². The van der Waals surface area contributed by atoms with Gasteiger partial charge in [0.2, 0.25) is 0 Å². The van der Waals surface area contributed by atoms with Crippen LogP contribution in [0.4, 0.5) is 0 Å². The lowest BCUT2D eigenvalue weighted by atomic mass is 10.1. The molecule has 0 saturated heterocycles. The van der Waals surface area contributed by atoms with Crippen molar-refractivity contribution < 1.29 is 4.79 Å². The van der Waals surface area contributed by atoms with Gasteiger partial charge in [-0.25, -0.2) is 4.98 Å². The van der Waals surface area contributed by atoms with Crippen molar-refractivity contribution in [1.29, 1.82) is 0 Å². The van der Waals surface area contributed by atoms with Gasteiger partial charge in [0.1, 0.15) is 5.82 Å². The van der Waals surface area contributed by atoms with Gasteiger partial charge in [0.15, 0.2) is 0 Å². The van der Waals surface area contributed by atoms with Crippen molar-refractivity contribution >= 4 is 16.9 Å². The zero-order valence-corrected chi connectivity index (χ0v) is 15.8. The number of aryl methyl sites for hydroxylation is 2. The van der Waals surface area contributed by atoms with Crippen LogP contribution < -0.4 is 5.32 Å². The number of rotatable bonds is 7. The summed E-state index contributed by atoms with van der Waals surface area (Å²) >= 11 is 0. The van der Waals surface area contributed by atoms with Crippen molar-refractivity contribution in [2.24, 2.45) is 0 Å². The highest BCUT2D eigenvalue weighted by molar-refractivity contribution is 5.94. The Bertz CT molecular complexity index is 880. The molecule has 26 heavy (non-hydrogen) atoms. The molecule has 3 aromatic rings. The lowest BCUT2D eigenvalue weighted by Crippen LogP contribution is -2.28. The van der Waals surface area contributed by atoms with Crippen molar-refractivity contribution in [3.8, 4) is 0 Å². The summed E-state index contributed by atoms with van der Waals surface area (Å²) in [6, 6.07) is 15.7. The summed E-state index contributed by atoms with van der Waals surface area (Å²) in [7, 11) is 0. The van der Waals surface area contributed by atoms with Crippen molar-refractivity contribution in [2.75, 3.05) is 0 Å². The van der Waals surface area contributed by atoms with E-state index in [1.165, 1.54) is 12.8 Å². The third-order valence-electron chi connectivity index (χ3n) is 4.72. The summed E-state index contributed by atoms with van der Waals surface area (Å²) in [6.07, 6.45) is 3.49. The third-order valence-corrected chi connectivity index (χ3v) is 4.72. The minimum Gasteiger partial charge on any atom is -0.342 e. The van der Waals surface area contributed by atoms with E-state index in [1.54, 1.807) is 0 Å². The largest absolute Gasteiger partial charge is 0.342 e. The predicted molar refractivity (Wildman–Crippen MR) is 106 cm³/mol. The van der Waals surface area contributed by atoms with E-state index in [2.05, 4.69) is 22.9 Å². The normalized spacial score (nSPS) is 12.3. The van der Waals surface area contributed by atoms with Gasteiger partial charge in [0, 0.05) is 12.1 Å². The van der Waals surface area contributed by atoms with Crippen LogP contribution in [-0.2, 0) is 6.54 Å².